The minimum atomic E-state index is -0.346. The predicted octanol–water partition coefficient (Wildman–Crippen LogP) is 2.54. The molecule has 1 aliphatic heterocycles. The van der Waals surface area contributed by atoms with Gasteiger partial charge >= 0.3 is 0 Å². The maximum absolute atomic E-state index is 13.1. The third kappa shape index (κ3) is 3.30. The zero-order valence-electron chi connectivity index (χ0n) is 15.4. The van der Waals surface area contributed by atoms with Crippen molar-refractivity contribution in [3.05, 3.63) is 53.6 Å². The van der Waals surface area contributed by atoms with E-state index in [9.17, 15) is 9.18 Å². The largest absolute Gasteiger partial charge is 0.353 e. The van der Waals surface area contributed by atoms with Gasteiger partial charge < -0.3 is 10.2 Å². The number of benzene rings is 1. The van der Waals surface area contributed by atoms with Crippen LogP contribution in [-0.4, -0.2) is 44.8 Å². The number of carbonyl (C=O) groups is 1. The molecule has 7 nitrogen and oxygen atoms in total. The van der Waals surface area contributed by atoms with E-state index >= 15 is 0 Å². The van der Waals surface area contributed by atoms with Crippen molar-refractivity contribution >= 4 is 17.4 Å². The number of hydrogen-bond acceptors (Lipinski definition) is 5. The lowest BCUT2D eigenvalue weighted by molar-refractivity contribution is 0.0933. The van der Waals surface area contributed by atoms with Gasteiger partial charge in [-0.3, -0.25) is 4.79 Å². The molecule has 1 N–H and O–H groups in total. The second-order valence-electron chi connectivity index (χ2n) is 7.56. The molecule has 1 amide bonds. The van der Waals surface area contributed by atoms with E-state index in [1.54, 1.807) is 0 Å². The molecule has 1 saturated heterocycles. The number of carbonyl (C=O) groups excluding carboxylic acids is 1. The summed E-state index contributed by atoms with van der Waals surface area (Å²) in [6, 6.07) is 9.55. The fourth-order valence-electron chi connectivity index (χ4n) is 3.73. The summed E-state index contributed by atoms with van der Waals surface area (Å²) in [5, 5.41) is 16.3. The van der Waals surface area contributed by atoms with Gasteiger partial charge in [-0.25, -0.2) is 4.39 Å². The summed E-state index contributed by atoms with van der Waals surface area (Å²) in [6.07, 6.45) is 4.17. The van der Waals surface area contributed by atoms with E-state index in [2.05, 4.69) is 20.4 Å². The molecule has 28 heavy (non-hydrogen) atoms. The van der Waals surface area contributed by atoms with E-state index in [1.807, 2.05) is 16.6 Å². The number of piperidine rings is 1. The summed E-state index contributed by atoms with van der Waals surface area (Å²) < 4.78 is 14.9. The van der Waals surface area contributed by atoms with Crippen molar-refractivity contribution in [3.63, 3.8) is 0 Å². The number of hydrogen-bond donors (Lipinski definition) is 1. The molecule has 2 aliphatic rings. The van der Waals surface area contributed by atoms with Gasteiger partial charge in [0.25, 0.3) is 5.91 Å². The van der Waals surface area contributed by atoms with Gasteiger partial charge in [0.15, 0.2) is 11.5 Å². The lowest BCUT2D eigenvalue weighted by atomic mass is 10.0. The van der Waals surface area contributed by atoms with Gasteiger partial charge in [0.1, 0.15) is 11.6 Å². The van der Waals surface area contributed by atoms with Crippen LogP contribution in [0.4, 0.5) is 10.2 Å². The van der Waals surface area contributed by atoms with E-state index in [4.69, 9.17) is 5.10 Å². The van der Waals surface area contributed by atoms with E-state index in [-0.39, 0.29) is 17.8 Å². The molecule has 3 heterocycles. The summed E-state index contributed by atoms with van der Waals surface area (Å²) in [6.45, 7) is 1.58. The van der Waals surface area contributed by atoms with Crippen LogP contribution in [0.2, 0.25) is 0 Å². The van der Waals surface area contributed by atoms with Crippen molar-refractivity contribution in [2.75, 3.05) is 18.0 Å². The summed E-state index contributed by atoms with van der Waals surface area (Å²) in [7, 11) is 0. The van der Waals surface area contributed by atoms with Crippen LogP contribution in [0.1, 0.15) is 47.8 Å². The number of anilines is 1. The average Bonchev–Trinajstić information content (AvgIpc) is 3.47. The fourth-order valence-corrected chi connectivity index (χ4v) is 3.73. The van der Waals surface area contributed by atoms with Crippen molar-refractivity contribution in [3.8, 4) is 0 Å². The second kappa shape index (κ2) is 6.85. The topological polar surface area (TPSA) is 75.4 Å². The van der Waals surface area contributed by atoms with Crippen LogP contribution in [0.3, 0.4) is 0 Å². The molecule has 8 heteroatoms. The summed E-state index contributed by atoms with van der Waals surface area (Å²) in [5.74, 6) is 1.76. The average molecular weight is 380 g/mol. The Bertz CT molecular complexity index is 1010. The van der Waals surface area contributed by atoms with Crippen LogP contribution in [0.25, 0.3) is 5.65 Å². The van der Waals surface area contributed by atoms with E-state index in [0.29, 0.717) is 18.0 Å². The van der Waals surface area contributed by atoms with Crippen molar-refractivity contribution in [2.45, 2.75) is 37.6 Å². The molecule has 2 aromatic heterocycles. The molecule has 0 spiro atoms. The zero-order chi connectivity index (χ0) is 19.1. The number of fused-ring (bicyclic) bond motifs is 1. The van der Waals surface area contributed by atoms with Crippen molar-refractivity contribution < 1.29 is 9.18 Å². The van der Waals surface area contributed by atoms with Crippen molar-refractivity contribution in [2.24, 2.45) is 0 Å². The minimum Gasteiger partial charge on any atom is -0.353 e. The van der Waals surface area contributed by atoms with Gasteiger partial charge in [0.05, 0.1) is 0 Å². The van der Waals surface area contributed by atoms with Gasteiger partial charge in [0, 0.05) is 30.6 Å². The molecular formula is C20H21FN6O. The highest BCUT2D eigenvalue weighted by Crippen LogP contribution is 2.38. The lowest BCUT2D eigenvalue weighted by Crippen LogP contribution is -2.48. The number of aromatic nitrogens is 4. The zero-order valence-corrected chi connectivity index (χ0v) is 15.4. The van der Waals surface area contributed by atoms with E-state index in [1.165, 1.54) is 24.3 Å². The predicted molar refractivity (Wildman–Crippen MR) is 102 cm³/mol. The Labute approximate surface area is 161 Å². The number of halogens is 1. The number of rotatable bonds is 4. The summed E-state index contributed by atoms with van der Waals surface area (Å²) in [4.78, 5) is 14.6. The van der Waals surface area contributed by atoms with Crippen molar-refractivity contribution in [1.29, 1.82) is 0 Å². The second-order valence-corrected chi connectivity index (χ2v) is 7.56. The van der Waals surface area contributed by atoms with Gasteiger partial charge in [-0.2, -0.15) is 4.52 Å². The molecule has 0 bridgehead atoms. The van der Waals surface area contributed by atoms with Gasteiger partial charge in [-0.05, 0) is 62.1 Å². The molecule has 3 aromatic rings. The molecule has 144 valence electrons. The van der Waals surface area contributed by atoms with Crippen LogP contribution in [0.5, 0.6) is 0 Å². The van der Waals surface area contributed by atoms with Gasteiger partial charge in [-0.15, -0.1) is 15.3 Å². The monoisotopic (exact) mass is 380 g/mol. The smallest absolute Gasteiger partial charge is 0.251 e. The molecular weight excluding hydrogens is 359 g/mol. The van der Waals surface area contributed by atoms with Crippen LogP contribution in [0, 0.1) is 5.82 Å². The Kier molecular flexibility index (Phi) is 4.18. The van der Waals surface area contributed by atoms with Crippen LogP contribution >= 0.6 is 0 Å². The molecule has 1 unspecified atom stereocenters. The minimum absolute atomic E-state index is 0.0209. The first-order valence-corrected chi connectivity index (χ1v) is 9.71. The highest BCUT2D eigenvalue weighted by atomic mass is 19.1. The van der Waals surface area contributed by atoms with E-state index < -0.39 is 0 Å². The number of nitrogens with zero attached hydrogens (tertiary/aromatic N) is 5. The molecule has 1 atom stereocenters. The third-order valence-electron chi connectivity index (χ3n) is 5.40. The quantitative estimate of drug-likeness (QED) is 0.753. The summed E-state index contributed by atoms with van der Waals surface area (Å²) >= 11 is 0. The Morgan fingerprint density at radius 1 is 1.07 bits per heavy atom. The highest BCUT2D eigenvalue weighted by molar-refractivity contribution is 5.94. The Balaban J connectivity index is 1.31. The van der Waals surface area contributed by atoms with Gasteiger partial charge in [0.2, 0.25) is 0 Å². The standard InChI is InChI=1S/C20H21FN6O/c21-15-7-5-14(6-8-15)20(28)22-16-2-1-11-26(12-16)18-10-9-17-23-24-19(13-3-4-13)27(17)25-18/h5-10,13,16H,1-4,11-12H2,(H,22,28). The van der Waals surface area contributed by atoms with Crippen LogP contribution in [0.15, 0.2) is 36.4 Å². The Morgan fingerprint density at radius 2 is 1.89 bits per heavy atom. The van der Waals surface area contributed by atoms with Crippen LogP contribution in [-0.2, 0) is 0 Å². The SMILES string of the molecule is O=C(NC1CCCN(c2ccc3nnc(C4CC4)n3n2)C1)c1ccc(F)cc1. The Morgan fingerprint density at radius 3 is 2.68 bits per heavy atom. The molecule has 1 aromatic carbocycles. The summed E-state index contributed by atoms with van der Waals surface area (Å²) in [5.41, 5.74) is 1.24. The molecule has 1 aliphatic carbocycles. The van der Waals surface area contributed by atoms with Crippen molar-refractivity contribution in [1.82, 2.24) is 25.1 Å². The highest BCUT2D eigenvalue weighted by Gasteiger charge is 2.30. The first-order valence-electron chi connectivity index (χ1n) is 9.71. The first-order chi connectivity index (χ1) is 13.7. The van der Waals surface area contributed by atoms with Crippen LogP contribution < -0.4 is 10.2 Å². The number of nitrogens with one attached hydrogen (secondary N) is 1. The molecule has 1 saturated carbocycles. The Hall–Kier alpha value is -3.03. The molecule has 5 rings (SSSR count). The lowest BCUT2D eigenvalue weighted by Gasteiger charge is -2.33. The first kappa shape index (κ1) is 17.1. The van der Waals surface area contributed by atoms with E-state index in [0.717, 1.165) is 49.5 Å². The third-order valence-corrected chi connectivity index (χ3v) is 5.40. The normalized spacial score (nSPS) is 19.8. The fraction of sp³-hybridized carbons (Fsp3) is 0.400. The maximum atomic E-state index is 13.1. The molecule has 2 fully saturated rings. The molecule has 0 radical (unpaired) electrons. The maximum Gasteiger partial charge on any atom is 0.251 e. The van der Waals surface area contributed by atoms with Gasteiger partial charge in [-0.1, -0.05) is 0 Å². The number of amides is 1.